The van der Waals surface area contributed by atoms with Gasteiger partial charge >= 0.3 is 0 Å². The number of carbonyl (C=O) groups excluding carboxylic acids is 2. The van der Waals surface area contributed by atoms with Gasteiger partial charge in [-0.2, -0.15) is 5.10 Å². The van der Waals surface area contributed by atoms with Crippen molar-refractivity contribution >= 4 is 57.2 Å². The molecule has 3 aromatic rings. The second-order valence-electron chi connectivity index (χ2n) is 9.06. The number of benzene rings is 3. The molecule has 8 nitrogen and oxygen atoms in total. The molecule has 0 bridgehead atoms. The number of nitrogens with one attached hydrogen (secondary N) is 2. The van der Waals surface area contributed by atoms with Gasteiger partial charge < -0.3 is 19.5 Å². The SMILES string of the molecule is CCCCOc1c(Br)cc(/C=N\NC(=O)[C@H](Cc2ccccc2)NC(=O)[C@H](C)Oc2ccc(Cl)cc2Cl)cc1OC. The van der Waals surface area contributed by atoms with Gasteiger partial charge in [0.05, 0.1) is 29.4 Å². The molecular weight excluding hydrogens is 633 g/mol. The van der Waals surface area contributed by atoms with Crippen LogP contribution >= 0.6 is 39.1 Å². The van der Waals surface area contributed by atoms with Crippen molar-refractivity contribution in [2.45, 2.75) is 45.3 Å². The van der Waals surface area contributed by atoms with Gasteiger partial charge in [0, 0.05) is 11.4 Å². The van der Waals surface area contributed by atoms with Crippen molar-refractivity contribution in [3.05, 3.63) is 86.3 Å². The number of hydrazone groups is 1. The van der Waals surface area contributed by atoms with Crippen molar-refractivity contribution < 1.29 is 23.8 Å². The summed E-state index contributed by atoms with van der Waals surface area (Å²) in [6, 6.07) is 16.7. The molecule has 0 saturated heterocycles. The molecule has 0 fully saturated rings. The minimum atomic E-state index is -0.939. The van der Waals surface area contributed by atoms with E-state index in [1.54, 1.807) is 32.2 Å². The maximum atomic E-state index is 13.2. The van der Waals surface area contributed by atoms with Gasteiger partial charge in [-0.05, 0) is 70.7 Å². The van der Waals surface area contributed by atoms with Crippen LogP contribution in [0, 0.1) is 0 Å². The van der Waals surface area contributed by atoms with E-state index in [1.165, 1.54) is 12.3 Å². The van der Waals surface area contributed by atoms with Crippen LogP contribution in [0.4, 0.5) is 0 Å². The number of amides is 2. The van der Waals surface area contributed by atoms with Crippen LogP contribution < -0.4 is 25.0 Å². The topological polar surface area (TPSA) is 98.2 Å². The molecule has 41 heavy (non-hydrogen) atoms. The molecule has 3 rings (SSSR count). The molecule has 0 heterocycles. The van der Waals surface area contributed by atoms with Gasteiger partial charge in [0.15, 0.2) is 17.6 Å². The third kappa shape index (κ3) is 9.95. The Bertz CT molecular complexity index is 1360. The Labute approximate surface area is 258 Å². The second-order valence-corrected chi connectivity index (χ2v) is 10.8. The van der Waals surface area contributed by atoms with Crippen molar-refractivity contribution in [3.8, 4) is 17.2 Å². The van der Waals surface area contributed by atoms with E-state index < -0.39 is 24.0 Å². The summed E-state index contributed by atoms with van der Waals surface area (Å²) >= 11 is 15.6. The maximum absolute atomic E-state index is 13.2. The maximum Gasteiger partial charge on any atom is 0.262 e. The fraction of sp³-hybridized carbons (Fsp3) is 0.300. The first-order valence-electron chi connectivity index (χ1n) is 13.0. The molecule has 0 radical (unpaired) electrons. The molecule has 2 atom stereocenters. The first-order valence-corrected chi connectivity index (χ1v) is 14.6. The summed E-state index contributed by atoms with van der Waals surface area (Å²) in [7, 11) is 1.56. The van der Waals surface area contributed by atoms with Crippen molar-refractivity contribution in [3.63, 3.8) is 0 Å². The Morgan fingerprint density at radius 2 is 1.80 bits per heavy atom. The average Bonchev–Trinajstić information content (AvgIpc) is 2.95. The van der Waals surface area contributed by atoms with E-state index in [2.05, 4.69) is 38.7 Å². The summed E-state index contributed by atoms with van der Waals surface area (Å²) in [5.74, 6) is 0.441. The lowest BCUT2D eigenvalue weighted by molar-refractivity contribution is -0.132. The minimum Gasteiger partial charge on any atom is -0.493 e. The standard InChI is InChI=1S/C30H32BrCl2N3O5/c1-4-5-13-40-28-23(31)14-21(16-27(28)39-3)18-34-36-30(38)25(15-20-9-7-6-8-10-20)35-29(37)19(2)41-26-12-11-22(32)17-24(26)33/h6-12,14,16-19,25H,4-5,13,15H2,1-3H3,(H,35,37)(H,36,38)/b34-18-/t19-,25-/m0/s1. The largest absolute Gasteiger partial charge is 0.493 e. The van der Waals surface area contributed by atoms with Crippen LogP contribution in [0.15, 0.2) is 70.2 Å². The number of ether oxygens (including phenoxy) is 3. The van der Waals surface area contributed by atoms with Crippen LogP contribution in [0.25, 0.3) is 0 Å². The van der Waals surface area contributed by atoms with Gasteiger partial charge in [-0.1, -0.05) is 66.9 Å². The number of halogens is 3. The van der Waals surface area contributed by atoms with Crippen molar-refractivity contribution in [1.29, 1.82) is 0 Å². The van der Waals surface area contributed by atoms with Gasteiger partial charge in [0.25, 0.3) is 11.8 Å². The quantitative estimate of drug-likeness (QED) is 0.115. The van der Waals surface area contributed by atoms with Crippen LogP contribution in [0.2, 0.25) is 10.0 Å². The number of rotatable bonds is 14. The van der Waals surface area contributed by atoms with E-state index in [0.717, 1.165) is 18.4 Å². The third-order valence-electron chi connectivity index (χ3n) is 5.87. The van der Waals surface area contributed by atoms with E-state index in [-0.39, 0.29) is 11.4 Å². The van der Waals surface area contributed by atoms with Gasteiger partial charge in [-0.15, -0.1) is 0 Å². The normalized spacial score (nSPS) is 12.4. The van der Waals surface area contributed by atoms with Crippen LogP contribution in [0.1, 0.15) is 37.8 Å². The lowest BCUT2D eigenvalue weighted by atomic mass is 10.1. The third-order valence-corrected chi connectivity index (χ3v) is 6.99. The first kappa shape index (κ1) is 32.2. The number of methoxy groups -OCH3 is 1. The Hall–Kier alpha value is -3.27. The fourth-order valence-corrected chi connectivity index (χ4v) is 4.71. The molecule has 3 aromatic carbocycles. The number of hydrogen-bond donors (Lipinski definition) is 2. The summed E-state index contributed by atoms with van der Waals surface area (Å²) in [6.07, 6.45) is 2.72. The highest BCUT2D eigenvalue weighted by atomic mass is 79.9. The van der Waals surface area contributed by atoms with Crippen LogP contribution in [-0.2, 0) is 16.0 Å². The summed E-state index contributed by atoms with van der Waals surface area (Å²) < 4.78 is 17.7. The number of unbranched alkanes of at least 4 members (excludes halogenated alkanes) is 1. The predicted molar refractivity (Wildman–Crippen MR) is 165 cm³/mol. The molecule has 0 spiro atoms. The highest BCUT2D eigenvalue weighted by Gasteiger charge is 2.25. The van der Waals surface area contributed by atoms with E-state index in [9.17, 15) is 9.59 Å². The monoisotopic (exact) mass is 663 g/mol. The van der Waals surface area contributed by atoms with Crippen LogP contribution in [-0.4, -0.2) is 43.9 Å². The Balaban J connectivity index is 1.70. The second kappa shape index (κ2) is 16.2. The van der Waals surface area contributed by atoms with Gasteiger partial charge in [-0.3, -0.25) is 9.59 Å². The number of nitrogens with zero attached hydrogens (tertiary/aromatic N) is 1. The van der Waals surface area contributed by atoms with Crippen LogP contribution in [0.5, 0.6) is 17.2 Å². The molecule has 0 saturated carbocycles. The molecule has 2 amide bonds. The summed E-state index contributed by atoms with van der Waals surface area (Å²) in [5, 5.41) is 7.59. The smallest absolute Gasteiger partial charge is 0.262 e. The van der Waals surface area contributed by atoms with Crippen molar-refractivity contribution in [2.24, 2.45) is 5.10 Å². The number of hydrogen-bond acceptors (Lipinski definition) is 6. The summed E-state index contributed by atoms with van der Waals surface area (Å²) in [4.78, 5) is 26.2. The summed E-state index contributed by atoms with van der Waals surface area (Å²) in [6.45, 7) is 4.22. The predicted octanol–water partition coefficient (Wildman–Crippen LogP) is 6.59. The minimum absolute atomic E-state index is 0.242. The molecule has 0 aliphatic rings. The molecule has 218 valence electrons. The van der Waals surface area contributed by atoms with E-state index in [1.807, 2.05) is 36.4 Å². The molecule has 0 aromatic heterocycles. The molecule has 11 heteroatoms. The zero-order valence-corrected chi connectivity index (χ0v) is 26.1. The zero-order chi connectivity index (χ0) is 29.8. The van der Waals surface area contributed by atoms with Gasteiger partial charge in [0.1, 0.15) is 11.8 Å². The highest BCUT2D eigenvalue weighted by Crippen LogP contribution is 2.36. The average molecular weight is 665 g/mol. The fourth-order valence-electron chi connectivity index (χ4n) is 3.68. The molecule has 2 N–H and O–H groups in total. The zero-order valence-electron chi connectivity index (χ0n) is 23.0. The van der Waals surface area contributed by atoms with Crippen molar-refractivity contribution in [2.75, 3.05) is 13.7 Å². The van der Waals surface area contributed by atoms with Gasteiger partial charge in [0.2, 0.25) is 0 Å². The highest BCUT2D eigenvalue weighted by molar-refractivity contribution is 9.10. The Morgan fingerprint density at radius 3 is 2.49 bits per heavy atom. The Kier molecular flexibility index (Phi) is 12.8. The van der Waals surface area contributed by atoms with Gasteiger partial charge in [-0.25, -0.2) is 5.43 Å². The molecular formula is C30H32BrCl2N3O5. The number of carbonyl (C=O) groups is 2. The first-order chi connectivity index (χ1) is 19.7. The van der Waals surface area contributed by atoms with E-state index >= 15 is 0 Å². The molecule has 0 unspecified atom stereocenters. The molecule has 0 aliphatic carbocycles. The van der Waals surface area contributed by atoms with Crippen molar-refractivity contribution in [1.82, 2.24) is 10.7 Å². The summed E-state index contributed by atoms with van der Waals surface area (Å²) in [5.41, 5.74) is 4.05. The lowest BCUT2D eigenvalue weighted by Crippen LogP contribution is -2.50. The van der Waals surface area contributed by atoms with E-state index in [4.69, 9.17) is 37.4 Å². The lowest BCUT2D eigenvalue weighted by Gasteiger charge is -2.21. The van der Waals surface area contributed by atoms with E-state index in [0.29, 0.717) is 38.9 Å². The molecule has 0 aliphatic heterocycles. The van der Waals surface area contributed by atoms with Crippen LogP contribution in [0.3, 0.4) is 0 Å². The Morgan fingerprint density at radius 1 is 1.05 bits per heavy atom.